The Morgan fingerprint density at radius 2 is 1.31 bits per heavy atom. The summed E-state index contributed by atoms with van der Waals surface area (Å²) in [6.07, 6.45) is 0. The zero-order valence-corrected chi connectivity index (χ0v) is 18.9. The minimum Gasteiger partial charge on any atom is -0.456 e. The maximum absolute atomic E-state index is 9.49. The van der Waals surface area contributed by atoms with Crippen molar-refractivity contribution in [2.24, 2.45) is 0 Å². The SMILES string of the molecule is [2H]c1c([2H])c([2H])c2c(c1[2H])Oc1ccc(-c3c([2H])c([2H])c([2H])c(-n4c5ccccc5c5ccccc54)c3[2H])c3cccc-2c13. The third kappa shape index (κ3) is 2.67. The van der Waals surface area contributed by atoms with Crippen LogP contribution in [-0.4, -0.2) is 4.57 Å². The van der Waals surface area contributed by atoms with E-state index in [9.17, 15) is 1.37 Å². The van der Waals surface area contributed by atoms with E-state index in [2.05, 4.69) is 0 Å². The molecule has 8 rings (SSSR count). The summed E-state index contributed by atoms with van der Waals surface area (Å²) in [5, 5.41) is 3.09. The van der Waals surface area contributed by atoms with Gasteiger partial charge in [0.1, 0.15) is 11.5 Å². The van der Waals surface area contributed by atoms with Gasteiger partial charge in [0.15, 0.2) is 0 Å². The number of benzene rings is 6. The summed E-state index contributed by atoms with van der Waals surface area (Å²) in [5.74, 6) is 0.438. The van der Waals surface area contributed by atoms with Crippen LogP contribution in [0.2, 0.25) is 0 Å². The monoisotopic (exact) mass is 467 g/mol. The summed E-state index contributed by atoms with van der Waals surface area (Å²) in [7, 11) is 0. The summed E-state index contributed by atoms with van der Waals surface area (Å²) in [6, 6.07) is 22.2. The molecular formula is C34H21NO. The molecule has 2 heterocycles. The van der Waals surface area contributed by atoms with Crippen LogP contribution in [0.25, 0.3) is 60.5 Å². The number of aromatic nitrogens is 1. The molecule has 0 saturated heterocycles. The fourth-order valence-corrected chi connectivity index (χ4v) is 5.31. The Morgan fingerprint density at radius 1 is 0.556 bits per heavy atom. The molecule has 6 aromatic carbocycles. The smallest absolute Gasteiger partial charge is 0.135 e. The van der Waals surface area contributed by atoms with Crippen molar-refractivity contribution < 1.29 is 15.7 Å². The van der Waals surface area contributed by atoms with Gasteiger partial charge in [0.2, 0.25) is 0 Å². The lowest BCUT2D eigenvalue weighted by atomic mass is 9.90. The molecular weight excluding hydrogens is 438 g/mol. The highest BCUT2D eigenvalue weighted by molar-refractivity contribution is 6.11. The van der Waals surface area contributed by atoms with Gasteiger partial charge in [-0.25, -0.2) is 0 Å². The molecule has 0 N–H and O–H groups in total. The minimum absolute atomic E-state index is 0.0479. The van der Waals surface area contributed by atoms with Crippen LogP contribution in [0, 0.1) is 0 Å². The second-order valence-electron chi connectivity index (χ2n) is 8.74. The Hall–Kier alpha value is -4.82. The minimum atomic E-state index is -0.380. The predicted octanol–water partition coefficient (Wildman–Crippen LogP) is 9.38. The predicted molar refractivity (Wildman–Crippen MR) is 149 cm³/mol. The number of rotatable bonds is 2. The zero-order valence-electron chi connectivity index (χ0n) is 26.9. The average Bonchev–Trinajstić information content (AvgIpc) is 3.37. The summed E-state index contributed by atoms with van der Waals surface area (Å²) in [5.41, 5.74) is 3.25. The number of nitrogens with zero attached hydrogens (tertiary/aromatic N) is 1. The molecule has 0 fully saturated rings. The summed E-state index contributed by atoms with van der Waals surface area (Å²) in [6.45, 7) is 0. The van der Waals surface area contributed by atoms with Crippen LogP contribution in [0.15, 0.2) is 127 Å². The molecule has 1 aliphatic rings. The van der Waals surface area contributed by atoms with Crippen LogP contribution in [0.5, 0.6) is 11.5 Å². The fourth-order valence-electron chi connectivity index (χ4n) is 5.31. The van der Waals surface area contributed by atoms with E-state index in [1.54, 1.807) is 24.3 Å². The number of para-hydroxylation sites is 3. The third-order valence-corrected chi connectivity index (χ3v) is 6.82. The summed E-state index contributed by atoms with van der Waals surface area (Å²) >= 11 is 0. The van der Waals surface area contributed by atoms with Gasteiger partial charge in [-0.1, -0.05) is 90.9 Å². The molecule has 0 atom stereocenters. The van der Waals surface area contributed by atoms with E-state index in [0.29, 0.717) is 27.6 Å². The Morgan fingerprint density at radius 3 is 2.14 bits per heavy atom. The summed E-state index contributed by atoms with van der Waals surface area (Å²) in [4.78, 5) is 0. The van der Waals surface area contributed by atoms with E-state index >= 15 is 0 Å². The average molecular weight is 468 g/mol. The van der Waals surface area contributed by atoms with Crippen molar-refractivity contribution in [3.63, 3.8) is 0 Å². The first-order valence-electron chi connectivity index (χ1n) is 15.6. The maximum atomic E-state index is 9.49. The standard InChI is InChI=1S/C34H21NO/c1-4-16-30-25(11-1)26-12-2-5-17-31(26)35(30)23-10-7-9-22(21-23)24-19-20-33-34-28(24)14-8-15-29(34)27-13-3-6-18-32(27)36-33/h1-21H/i3D,6D,7D,9D,10D,13D,18D,21D. The molecule has 168 valence electrons. The highest BCUT2D eigenvalue weighted by Gasteiger charge is 2.21. The number of ether oxygens (including phenoxy) is 1. The molecule has 0 amide bonds. The molecule has 0 aliphatic carbocycles. The van der Waals surface area contributed by atoms with Gasteiger partial charge in [0, 0.05) is 27.4 Å². The van der Waals surface area contributed by atoms with Gasteiger partial charge < -0.3 is 9.30 Å². The molecule has 2 heteroatoms. The largest absolute Gasteiger partial charge is 0.456 e. The number of fused-ring (bicyclic) bond motifs is 5. The van der Waals surface area contributed by atoms with E-state index in [-0.39, 0.29) is 70.9 Å². The third-order valence-electron chi connectivity index (χ3n) is 6.82. The van der Waals surface area contributed by atoms with Gasteiger partial charge in [-0.2, -0.15) is 0 Å². The molecule has 0 radical (unpaired) electrons. The second kappa shape index (κ2) is 7.34. The van der Waals surface area contributed by atoms with Crippen molar-refractivity contribution in [2.75, 3.05) is 0 Å². The summed E-state index contributed by atoms with van der Waals surface area (Å²) < 4.78 is 77.6. The van der Waals surface area contributed by atoms with Gasteiger partial charge in [-0.15, -0.1) is 0 Å². The molecule has 1 aliphatic heterocycles. The first-order valence-corrected chi connectivity index (χ1v) is 11.6. The highest BCUT2D eigenvalue weighted by atomic mass is 16.5. The zero-order chi connectivity index (χ0) is 30.6. The van der Waals surface area contributed by atoms with E-state index in [1.165, 1.54) is 0 Å². The van der Waals surface area contributed by atoms with Crippen LogP contribution >= 0.6 is 0 Å². The molecule has 36 heavy (non-hydrogen) atoms. The van der Waals surface area contributed by atoms with Gasteiger partial charge in [-0.05, 0) is 58.4 Å². The Balaban J connectivity index is 1.47. The van der Waals surface area contributed by atoms with Gasteiger partial charge in [0.25, 0.3) is 0 Å². The van der Waals surface area contributed by atoms with Crippen LogP contribution in [-0.2, 0) is 0 Å². The highest BCUT2D eigenvalue weighted by Crippen LogP contribution is 2.48. The molecule has 0 bridgehead atoms. The van der Waals surface area contributed by atoms with E-state index in [4.69, 9.17) is 14.3 Å². The molecule has 1 aromatic heterocycles. The Kier molecular flexibility index (Phi) is 2.71. The molecule has 2 nitrogen and oxygen atoms in total. The number of hydrogen-bond acceptors (Lipinski definition) is 1. The van der Waals surface area contributed by atoms with Crippen molar-refractivity contribution in [1.82, 2.24) is 4.57 Å². The topological polar surface area (TPSA) is 14.2 Å². The first kappa shape index (κ1) is 13.3. The molecule has 7 aromatic rings. The maximum Gasteiger partial charge on any atom is 0.135 e. The van der Waals surface area contributed by atoms with Crippen LogP contribution in [0.3, 0.4) is 0 Å². The molecule has 0 unspecified atom stereocenters. The van der Waals surface area contributed by atoms with Crippen molar-refractivity contribution in [2.45, 2.75) is 0 Å². The van der Waals surface area contributed by atoms with Gasteiger partial charge in [0.05, 0.1) is 22.0 Å². The van der Waals surface area contributed by atoms with E-state index in [1.807, 2.05) is 59.2 Å². The van der Waals surface area contributed by atoms with Crippen molar-refractivity contribution in [1.29, 1.82) is 0 Å². The Bertz CT molecular complexity index is 2360. The van der Waals surface area contributed by atoms with Crippen molar-refractivity contribution in [3.8, 4) is 39.4 Å². The Labute approximate surface area is 219 Å². The van der Waals surface area contributed by atoms with Gasteiger partial charge in [-0.3, -0.25) is 0 Å². The fraction of sp³-hybridized carbons (Fsp3) is 0. The second-order valence-corrected chi connectivity index (χ2v) is 8.74. The van der Waals surface area contributed by atoms with Gasteiger partial charge >= 0.3 is 0 Å². The van der Waals surface area contributed by atoms with Crippen molar-refractivity contribution in [3.05, 3.63) is 127 Å². The molecule has 0 spiro atoms. The first-order chi connectivity index (χ1) is 21.2. The van der Waals surface area contributed by atoms with Crippen LogP contribution in [0.4, 0.5) is 0 Å². The van der Waals surface area contributed by atoms with Crippen LogP contribution < -0.4 is 4.74 Å². The molecule has 0 saturated carbocycles. The quantitative estimate of drug-likeness (QED) is 0.247. The lowest BCUT2D eigenvalue weighted by Crippen LogP contribution is -1.98. The van der Waals surface area contributed by atoms with Crippen LogP contribution in [0.1, 0.15) is 11.0 Å². The lowest BCUT2D eigenvalue weighted by Gasteiger charge is -2.22. The number of hydrogen-bond donors (Lipinski definition) is 0. The van der Waals surface area contributed by atoms with Crippen molar-refractivity contribution >= 4 is 32.6 Å². The van der Waals surface area contributed by atoms with E-state index < -0.39 is 0 Å². The van der Waals surface area contributed by atoms with E-state index in [0.717, 1.165) is 21.8 Å². The normalized spacial score (nSPS) is 15.2. The lowest BCUT2D eigenvalue weighted by molar-refractivity contribution is 0.487.